The first-order chi connectivity index (χ1) is 9.60. The first kappa shape index (κ1) is 14.9. The average molecular weight is 312 g/mol. The topological polar surface area (TPSA) is 76.8 Å². The number of aryl methyl sites for hydroxylation is 1. The summed E-state index contributed by atoms with van der Waals surface area (Å²) in [5.74, 6) is 0.765. The summed E-state index contributed by atoms with van der Waals surface area (Å²) in [4.78, 5) is 17.6. The molecule has 2 heterocycles. The van der Waals surface area contributed by atoms with Crippen LogP contribution in [0, 0.1) is 0 Å². The van der Waals surface area contributed by atoms with Crippen molar-refractivity contribution >= 4 is 29.0 Å². The van der Waals surface area contributed by atoms with Crippen molar-refractivity contribution in [2.75, 3.05) is 14.1 Å². The highest BCUT2D eigenvalue weighted by Crippen LogP contribution is 2.21. The molecule has 2 rings (SSSR count). The van der Waals surface area contributed by atoms with E-state index in [1.807, 2.05) is 12.3 Å². The number of amides is 1. The standard InChI is InChI=1S/C11H16N6OS2/c1-4-17-11(13-14-15-17)20-7-8-6-19-9(12-8)5-10(18)16(2)3/h6H,4-5,7H2,1-3H3. The predicted octanol–water partition coefficient (Wildman–Crippen LogP) is 1.07. The molecule has 0 aliphatic carbocycles. The van der Waals surface area contributed by atoms with E-state index in [2.05, 4.69) is 20.5 Å². The van der Waals surface area contributed by atoms with Crippen molar-refractivity contribution < 1.29 is 4.79 Å². The first-order valence-electron chi connectivity index (χ1n) is 6.12. The summed E-state index contributed by atoms with van der Waals surface area (Å²) in [6, 6.07) is 0. The van der Waals surface area contributed by atoms with Gasteiger partial charge in [-0.15, -0.1) is 16.4 Å². The summed E-state index contributed by atoms with van der Waals surface area (Å²) < 4.78 is 1.74. The van der Waals surface area contributed by atoms with Gasteiger partial charge in [0.15, 0.2) is 0 Å². The fraction of sp³-hybridized carbons (Fsp3) is 0.545. The van der Waals surface area contributed by atoms with Gasteiger partial charge in [-0.05, 0) is 17.4 Å². The molecular formula is C11H16N6OS2. The third-order valence-electron chi connectivity index (χ3n) is 2.55. The van der Waals surface area contributed by atoms with Crippen LogP contribution in [0.4, 0.5) is 0 Å². The van der Waals surface area contributed by atoms with Crippen LogP contribution in [0.25, 0.3) is 0 Å². The van der Waals surface area contributed by atoms with Gasteiger partial charge in [-0.25, -0.2) is 9.67 Å². The molecule has 0 saturated heterocycles. The van der Waals surface area contributed by atoms with E-state index >= 15 is 0 Å². The minimum atomic E-state index is 0.0634. The molecule has 1 amide bonds. The summed E-state index contributed by atoms with van der Waals surface area (Å²) in [7, 11) is 3.49. The quantitative estimate of drug-likeness (QED) is 0.743. The molecule has 0 aliphatic rings. The third-order valence-corrected chi connectivity index (χ3v) is 4.44. The molecule has 7 nitrogen and oxygen atoms in total. The molecule has 0 radical (unpaired) electrons. The molecule has 20 heavy (non-hydrogen) atoms. The summed E-state index contributed by atoms with van der Waals surface area (Å²) in [5.41, 5.74) is 0.951. The number of hydrogen-bond donors (Lipinski definition) is 0. The van der Waals surface area contributed by atoms with E-state index in [1.165, 1.54) is 11.3 Å². The van der Waals surface area contributed by atoms with Gasteiger partial charge >= 0.3 is 0 Å². The summed E-state index contributed by atoms with van der Waals surface area (Å²) in [6.45, 7) is 2.74. The Hall–Kier alpha value is -1.48. The lowest BCUT2D eigenvalue weighted by atomic mass is 10.4. The Morgan fingerprint density at radius 2 is 2.30 bits per heavy atom. The minimum absolute atomic E-state index is 0.0634. The van der Waals surface area contributed by atoms with Crippen molar-refractivity contribution in [1.29, 1.82) is 0 Å². The van der Waals surface area contributed by atoms with E-state index in [4.69, 9.17) is 0 Å². The van der Waals surface area contributed by atoms with Crippen LogP contribution in [-0.2, 0) is 23.5 Å². The summed E-state index contributed by atoms with van der Waals surface area (Å²) in [5, 5.41) is 15.1. The van der Waals surface area contributed by atoms with E-state index < -0.39 is 0 Å². The Balaban J connectivity index is 1.91. The smallest absolute Gasteiger partial charge is 0.228 e. The van der Waals surface area contributed by atoms with E-state index in [0.29, 0.717) is 12.2 Å². The number of nitrogens with zero attached hydrogens (tertiary/aromatic N) is 6. The Kier molecular flexibility index (Phi) is 5.07. The highest BCUT2D eigenvalue weighted by Gasteiger charge is 2.11. The zero-order valence-electron chi connectivity index (χ0n) is 11.6. The lowest BCUT2D eigenvalue weighted by molar-refractivity contribution is -0.127. The average Bonchev–Trinajstić information content (AvgIpc) is 3.04. The van der Waals surface area contributed by atoms with Gasteiger partial charge < -0.3 is 4.90 Å². The summed E-state index contributed by atoms with van der Waals surface area (Å²) >= 11 is 3.06. The molecule has 0 spiro atoms. The van der Waals surface area contributed by atoms with Crippen LogP contribution in [0.2, 0.25) is 0 Å². The molecule has 0 fully saturated rings. The fourth-order valence-electron chi connectivity index (χ4n) is 1.42. The van der Waals surface area contributed by atoms with Gasteiger partial charge in [0.2, 0.25) is 11.1 Å². The van der Waals surface area contributed by atoms with Crippen LogP contribution >= 0.6 is 23.1 Å². The number of thiazole rings is 1. The molecule has 0 aromatic carbocycles. The minimum Gasteiger partial charge on any atom is -0.348 e. The van der Waals surface area contributed by atoms with Crippen molar-refractivity contribution in [3.05, 3.63) is 16.1 Å². The largest absolute Gasteiger partial charge is 0.348 e. The molecule has 2 aromatic heterocycles. The summed E-state index contributed by atoms with van der Waals surface area (Å²) in [6.07, 6.45) is 0.356. The molecule has 0 atom stereocenters. The Labute approximate surface area is 125 Å². The zero-order chi connectivity index (χ0) is 14.5. The molecule has 108 valence electrons. The van der Waals surface area contributed by atoms with Crippen molar-refractivity contribution in [3.8, 4) is 0 Å². The van der Waals surface area contributed by atoms with Gasteiger partial charge in [-0.2, -0.15) is 0 Å². The Morgan fingerprint density at radius 1 is 1.50 bits per heavy atom. The third kappa shape index (κ3) is 3.76. The molecule has 2 aromatic rings. The number of carbonyl (C=O) groups excluding carboxylic acids is 1. The van der Waals surface area contributed by atoms with Crippen LogP contribution in [0.15, 0.2) is 10.5 Å². The highest BCUT2D eigenvalue weighted by molar-refractivity contribution is 7.98. The van der Waals surface area contributed by atoms with Crippen LogP contribution < -0.4 is 0 Å². The molecule has 0 unspecified atom stereocenters. The van der Waals surface area contributed by atoms with Gasteiger partial charge in [0, 0.05) is 31.8 Å². The maximum Gasteiger partial charge on any atom is 0.228 e. The van der Waals surface area contributed by atoms with E-state index in [9.17, 15) is 4.79 Å². The van der Waals surface area contributed by atoms with Crippen molar-refractivity contribution in [3.63, 3.8) is 0 Å². The first-order valence-corrected chi connectivity index (χ1v) is 7.99. The highest BCUT2D eigenvalue weighted by atomic mass is 32.2. The monoisotopic (exact) mass is 312 g/mol. The molecule has 9 heteroatoms. The number of hydrogen-bond acceptors (Lipinski definition) is 7. The second-order valence-corrected chi connectivity index (χ2v) is 6.15. The van der Waals surface area contributed by atoms with Gasteiger partial charge in [0.25, 0.3) is 0 Å². The molecule has 0 bridgehead atoms. The molecule has 0 N–H and O–H groups in total. The Morgan fingerprint density at radius 3 is 3.00 bits per heavy atom. The number of tetrazole rings is 1. The van der Waals surface area contributed by atoms with Gasteiger partial charge in [-0.1, -0.05) is 11.8 Å². The van der Waals surface area contributed by atoms with E-state index in [1.54, 1.807) is 35.4 Å². The van der Waals surface area contributed by atoms with Crippen LogP contribution in [-0.4, -0.2) is 50.1 Å². The van der Waals surface area contributed by atoms with Crippen molar-refractivity contribution in [2.24, 2.45) is 0 Å². The van der Waals surface area contributed by atoms with Crippen molar-refractivity contribution in [1.82, 2.24) is 30.1 Å². The van der Waals surface area contributed by atoms with E-state index in [0.717, 1.165) is 22.4 Å². The molecule has 0 saturated carbocycles. The van der Waals surface area contributed by atoms with Gasteiger partial charge in [0.1, 0.15) is 5.01 Å². The van der Waals surface area contributed by atoms with Gasteiger partial charge in [-0.3, -0.25) is 4.79 Å². The maximum atomic E-state index is 11.6. The molecular weight excluding hydrogens is 296 g/mol. The lowest BCUT2D eigenvalue weighted by Crippen LogP contribution is -2.23. The predicted molar refractivity (Wildman–Crippen MR) is 77.6 cm³/mol. The van der Waals surface area contributed by atoms with Crippen LogP contribution in [0.1, 0.15) is 17.6 Å². The lowest BCUT2D eigenvalue weighted by Gasteiger charge is -2.07. The Bertz CT molecular complexity index is 579. The maximum absolute atomic E-state index is 11.6. The van der Waals surface area contributed by atoms with E-state index in [-0.39, 0.29) is 5.91 Å². The van der Waals surface area contributed by atoms with Gasteiger partial charge in [0.05, 0.1) is 12.1 Å². The van der Waals surface area contributed by atoms with Crippen LogP contribution in [0.5, 0.6) is 0 Å². The fourth-order valence-corrected chi connectivity index (χ4v) is 3.14. The van der Waals surface area contributed by atoms with Crippen LogP contribution in [0.3, 0.4) is 0 Å². The number of thioether (sulfide) groups is 1. The molecule has 0 aliphatic heterocycles. The number of carbonyl (C=O) groups is 1. The SMILES string of the molecule is CCn1nnnc1SCc1csc(CC(=O)N(C)C)n1. The number of aromatic nitrogens is 5. The number of likely N-dealkylation sites (N-methyl/N-ethyl adjacent to an activating group) is 1. The zero-order valence-corrected chi connectivity index (χ0v) is 13.2. The normalized spacial score (nSPS) is 10.8. The second kappa shape index (κ2) is 6.80. The second-order valence-electron chi connectivity index (χ2n) is 4.26. The number of rotatable bonds is 6. The van der Waals surface area contributed by atoms with Crippen molar-refractivity contribution in [2.45, 2.75) is 30.8 Å².